The van der Waals surface area contributed by atoms with Crippen molar-refractivity contribution in [2.75, 3.05) is 26.4 Å². The van der Waals surface area contributed by atoms with Crippen LogP contribution in [-0.2, 0) is 32.5 Å². The smallest absolute Gasteiger partial charge is 0.214 e. The van der Waals surface area contributed by atoms with Gasteiger partial charge in [0, 0.05) is 32.5 Å². The molecule has 3 heterocycles. The Labute approximate surface area is 142 Å². The maximum absolute atomic E-state index is 12.0. The van der Waals surface area contributed by atoms with E-state index in [-0.39, 0.29) is 17.9 Å². The molecule has 0 amide bonds. The molecule has 24 heavy (non-hydrogen) atoms. The van der Waals surface area contributed by atoms with Gasteiger partial charge >= 0.3 is 0 Å². The molecule has 134 valence electrons. The summed E-state index contributed by atoms with van der Waals surface area (Å²) in [5, 5.41) is 4.50. The van der Waals surface area contributed by atoms with Crippen LogP contribution in [0.2, 0.25) is 0 Å². The molecule has 2 aliphatic heterocycles. The molecule has 1 N–H and O–H groups in total. The number of nitrogens with one attached hydrogen (secondary N) is 1. The van der Waals surface area contributed by atoms with Gasteiger partial charge in [-0.3, -0.25) is 4.68 Å². The number of sulfonamides is 1. The molecular formula is C16H25N3O4S. The molecule has 3 aliphatic rings. The summed E-state index contributed by atoms with van der Waals surface area (Å²) in [6.45, 7) is 3.46. The van der Waals surface area contributed by atoms with E-state index in [0.29, 0.717) is 12.5 Å². The van der Waals surface area contributed by atoms with Crippen molar-refractivity contribution in [3.05, 3.63) is 17.5 Å². The number of hydrogen-bond donors (Lipinski definition) is 1. The molecular weight excluding hydrogens is 330 g/mol. The zero-order chi connectivity index (χ0) is 16.6. The van der Waals surface area contributed by atoms with Crippen LogP contribution < -0.4 is 4.72 Å². The fraction of sp³-hybridized carbons (Fsp3) is 0.812. The van der Waals surface area contributed by atoms with Crippen LogP contribution >= 0.6 is 0 Å². The Hall–Kier alpha value is -0.960. The van der Waals surface area contributed by atoms with E-state index in [4.69, 9.17) is 14.6 Å². The van der Waals surface area contributed by atoms with Crippen LogP contribution in [-0.4, -0.2) is 49.8 Å². The minimum absolute atomic E-state index is 0.202. The van der Waals surface area contributed by atoms with Crippen molar-refractivity contribution in [2.24, 2.45) is 5.92 Å². The molecule has 0 radical (unpaired) electrons. The number of ether oxygens (including phenoxy) is 2. The monoisotopic (exact) mass is 355 g/mol. The van der Waals surface area contributed by atoms with Crippen LogP contribution in [0.25, 0.3) is 0 Å². The first kappa shape index (κ1) is 16.5. The normalized spacial score (nSPS) is 25.6. The third kappa shape index (κ3) is 3.66. The average Bonchev–Trinajstić information content (AvgIpc) is 3.36. The van der Waals surface area contributed by atoms with Gasteiger partial charge in [0.25, 0.3) is 0 Å². The molecule has 1 saturated carbocycles. The van der Waals surface area contributed by atoms with Crippen LogP contribution in [0.3, 0.4) is 0 Å². The molecule has 2 fully saturated rings. The van der Waals surface area contributed by atoms with Crippen LogP contribution in [0.4, 0.5) is 0 Å². The SMILES string of the molecule is O=S(=O)(NC[C@H]1OCCc2cn(CC3CCOCC3)nc21)C1CC1. The summed E-state index contributed by atoms with van der Waals surface area (Å²) in [7, 11) is -3.18. The van der Waals surface area contributed by atoms with Gasteiger partial charge in [-0.1, -0.05) is 0 Å². The van der Waals surface area contributed by atoms with Crippen LogP contribution in [0.1, 0.15) is 43.0 Å². The Balaban J connectivity index is 1.42. The molecule has 7 nitrogen and oxygen atoms in total. The molecule has 1 saturated heterocycles. The molecule has 8 heteroatoms. The Bertz CT molecular complexity index is 677. The minimum Gasteiger partial charge on any atom is -0.381 e. The average molecular weight is 355 g/mol. The highest BCUT2D eigenvalue weighted by molar-refractivity contribution is 7.90. The van der Waals surface area contributed by atoms with E-state index in [1.54, 1.807) is 0 Å². The maximum Gasteiger partial charge on any atom is 0.214 e. The number of fused-ring (bicyclic) bond motifs is 1. The Kier molecular flexibility index (Phi) is 4.64. The first-order valence-electron chi connectivity index (χ1n) is 8.86. The van der Waals surface area contributed by atoms with E-state index in [0.717, 1.165) is 57.6 Å². The highest BCUT2D eigenvalue weighted by atomic mass is 32.2. The molecule has 1 atom stereocenters. The number of rotatable bonds is 6. The van der Waals surface area contributed by atoms with Gasteiger partial charge in [0.15, 0.2) is 0 Å². The Morgan fingerprint density at radius 2 is 2.00 bits per heavy atom. The van der Waals surface area contributed by atoms with Crippen molar-refractivity contribution in [1.82, 2.24) is 14.5 Å². The van der Waals surface area contributed by atoms with Crippen molar-refractivity contribution in [1.29, 1.82) is 0 Å². The van der Waals surface area contributed by atoms with Crippen molar-refractivity contribution in [3.63, 3.8) is 0 Å². The Morgan fingerprint density at radius 3 is 2.75 bits per heavy atom. The highest BCUT2D eigenvalue weighted by Crippen LogP contribution is 2.29. The second-order valence-corrected chi connectivity index (χ2v) is 9.06. The van der Waals surface area contributed by atoms with Crippen LogP contribution in [0, 0.1) is 5.92 Å². The van der Waals surface area contributed by atoms with Gasteiger partial charge in [0.1, 0.15) is 6.10 Å². The predicted octanol–water partition coefficient (Wildman–Crippen LogP) is 1.01. The van der Waals surface area contributed by atoms with Gasteiger partial charge in [-0.15, -0.1) is 0 Å². The van der Waals surface area contributed by atoms with Gasteiger partial charge in [-0.2, -0.15) is 5.10 Å². The molecule has 1 aliphatic carbocycles. The molecule has 0 bridgehead atoms. The zero-order valence-corrected chi connectivity index (χ0v) is 14.6. The fourth-order valence-electron chi connectivity index (χ4n) is 3.46. The first-order chi connectivity index (χ1) is 11.6. The van der Waals surface area contributed by atoms with Crippen molar-refractivity contribution in [3.8, 4) is 0 Å². The van der Waals surface area contributed by atoms with Crippen molar-refractivity contribution in [2.45, 2.75) is 50.0 Å². The predicted molar refractivity (Wildman–Crippen MR) is 88.1 cm³/mol. The van der Waals surface area contributed by atoms with E-state index in [1.807, 2.05) is 4.68 Å². The van der Waals surface area contributed by atoms with Crippen LogP contribution in [0.15, 0.2) is 6.20 Å². The lowest BCUT2D eigenvalue weighted by Crippen LogP contribution is -2.34. The summed E-state index contributed by atoms with van der Waals surface area (Å²) in [4.78, 5) is 0. The number of nitrogens with zero attached hydrogens (tertiary/aromatic N) is 2. The second-order valence-electron chi connectivity index (χ2n) is 7.02. The summed E-state index contributed by atoms with van der Waals surface area (Å²) < 4.78 is 39.9. The standard InChI is InChI=1S/C16H25N3O4S/c20-24(21,14-1-2-14)17-9-15-16-13(5-8-23-15)11-19(18-16)10-12-3-6-22-7-4-12/h11-12,14-15,17H,1-10H2/t15-/m1/s1. The molecule has 1 aromatic heterocycles. The highest BCUT2D eigenvalue weighted by Gasteiger charge is 2.36. The summed E-state index contributed by atoms with van der Waals surface area (Å²) in [5.74, 6) is 0.604. The van der Waals surface area contributed by atoms with Crippen molar-refractivity contribution < 1.29 is 17.9 Å². The third-order valence-corrected chi connectivity index (χ3v) is 7.00. The topological polar surface area (TPSA) is 82.5 Å². The van der Waals surface area contributed by atoms with E-state index in [9.17, 15) is 8.42 Å². The molecule has 0 aromatic carbocycles. The van der Waals surface area contributed by atoms with Gasteiger partial charge in [-0.05, 0) is 43.6 Å². The van der Waals surface area contributed by atoms with Crippen molar-refractivity contribution >= 4 is 10.0 Å². The Morgan fingerprint density at radius 1 is 1.21 bits per heavy atom. The van der Waals surface area contributed by atoms with Gasteiger partial charge < -0.3 is 9.47 Å². The van der Waals surface area contributed by atoms with E-state index >= 15 is 0 Å². The fourth-order valence-corrected chi connectivity index (χ4v) is 4.84. The van der Waals surface area contributed by atoms with E-state index in [2.05, 4.69) is 10.9 Å². The summed E-state index contributed by atoms with van der Waals surface area (Å²) in [6, 6.07) is 0. The first-order valence-corrected chi connectivity index (χ1v) is 10.4. The maximum atomic E-state index is 12.0. The molecule has 4 rings (SSSR count). The quantitative estimate of drug-likeness (QED) is 0.823. The minimum atomic E-state index is -3.18. The molecule has 0 spiro atoms. The number of aromatic nitrogens is 2. The summed E-state index contributed by atoms with van der Waals surface area (Å²) in [6.07, 6.45) is 6.36. The van der Waals surface area contributed by atoms with Gasteiger partial charge in [0.05, 0.1) is 17.6 Å². The lowest BCUT2D eigenvalue weighted by molar-refractivity contribution is 0.0424. The van der Waals surface area contributed by atoms with E-state index < -0.39 is 10.0 Å². The number of hydrogen-bond acceptors (Lipinski definition) is 5. The van der Waals surface area contributed by atoms with E-state index in [1.165, 1.54) is 5.56 Å². The largest absolute Gasteiger partial charge is 0.381 e. The lowest BCUT2D eigenvalue weighted by atomic mass is 10.0. The second kappa shape index (κ2) is 6.74. The summed E-state index contributed by atoms with van der Waals surface area (Å²) >= 11 is 0. The third-order valence-electron chi connectivity index (χ3n) is 5.08. The summed E-state index contributed by atoms with van der Waals surface area (Å²) in [5.41, 5.74) is 2.08. The lowest BCUT2D eigenvalue weighted by Gasteiger charge is -2.22. The molecule has 1 aromatic rings. The van der Waals surface area contributed by atoms with Crippen LogP contribution in [0.5, 0.6) is 0 Å². The van der Waals surface area contributed by atoms with Gasteiger partial charge in [-0.25, -0.2) is 13.1 Å². The van der Waals surface area contributed by atoms with Gasteiger partial charge in [0.2, 0.25) is 10.0 Å². The zero-order valence-electron chi connectivity index (χ0n) is 13.8. The molecule has 0 unspecified atom stereocenters.